The molecule has 0 unspecified atom stereocenters. The molecule has 2 nitrogen and oxygen atoms in total. The zero-order valence-corrected chi connectivity index (χ0v) is 28.4. The lowest BCUT2D eigenvalue weighted by atomic mass is 9.97. The molecule has 10 rings (SSSR count). The molecule has 2 heteroatoms. The van der Waals surface area contributed by atoms with Gasteiger partial charge in [0.15, 0.2) is 0 Å². The Morgan fingerprint density at radius 2 is 0.827 bits per heavy atom. The number of anilines is 3. The molecule has 0 saturated heterocycles. The molecule has 0 aliphatic heterocycles. The predicted molar refractivity (Wildman–Crippen MR) is 220 cm³/mol. The fourth-order valence-corrected chi connectivity index (χ4v) is 7.66. The van der Waals surface area contributed by atoms with Crippen molar-refractivity contribution in [3.63, 3.8) is 0 Å². The van der Waals surface area contributed by atoms with Gasteiger partial charge in [-0.15, -0.1) is 0 Å². The van der Waals surface area contributed by atoms with E-state index in [-0.39, 0.29) is 0 Å². The zero-order valence-electron chi connectivity index (χ0n) is 28.4. The summed E-state index contributed by atoms with van der Waals surface area (Å²) in [6.45, 7) is 0. The molecule has 1 heterocycles. The van der Waals surface area contributed by atoms with Crippen LogP contribution in [0.2, 0.25) is 0 Å². The van der Waals surface area contributed by atoms with Crippen LogP contribution in [0.1, 0.15) is 0 Å². The van der Waals surface area contributed by atoms with E-state index < -0.39 is 0 Å². The van der Waals surface area contributed by atoms with E-state index in [4.69, 9.17) is 4.42 Å². The fourth-order valence-electron chi connectivity index (χ4n) is 7.66. The van der Waals surface area contributed by atoms with Crippen molar-refractivity contribution in [1.82, 2.24) is 0 Å². The van der Waals surface area contributed by atoms with Gasteiger partial charge in [-0.2, -0.15) is 0 Å². The highest BCUT2D eigenvalue weighted by Gasteiger charge is 2.20. The van der Waals surface area contributed by atoms with Gasteiger partial charge in [0.05, 0.1) is 11.1 Å². The normalized spacial score (nSPS) is 11.5. The molecular weight excluding hydrogens is 631 g/mol. The minimum atomic E-state index is 0.865. The van der Waals surface area contributed by atoms with Gasteiger partial charge >= 0.3 is 0 Å². The summed E-state index contributed by atoms with van der Waals surface area (Å²) in [7, 11) is 0. The maximum atomic E-state index is 6.57. The van der Waals surface area contributed by atoms with Gasteiger partial charge in [-0.25, -0.2) is 0 Å². The average Bonchev–Trinajstić information content (AvgIpc) is 3.61. The smallest absolute Gasteiger partial charge is 0.137 e. The summed E-state index contributed by atoms with van der Waals surface area (Å²) in [4.78, 5) is 2.35. The molecule has 1 aromatic heterocycles. The maximum Gasteiger partial charge on any atom is 0.137 e. The molecule has 9 aromatic carbocycles. The van der Waals surface area contributed by atoms with Gasteiger partial charge in [0.1, 0.15) is 11.2 Å². The number of benzene rings is 9. The van der Waals surface area contributed by atoms with E-state index in [0.717, 1.165) is 44.6 Å². The second kappa shape index (κ2) is 12.5. The summed E-state index contributed by atoms with van der Waals surface area (Å²) < 4.78 is 6.57. The molecule has 0 aliphatic rings. The van der Waals surface area contributed by atoms with E-state index in [9.17, 15) is 0 Å². The van der Waals surface area contributed by atoms with E-state index in [0.29, 0.717) is 0 Å². The third kappa shape index (κ3) is 5.21. The molecule has 0 aliphatic carbocycles. The highest BCUT2D eigenvalue weighted by Crippen LogP contribution is 2.44. The third-order valence-corrected chi connectivity index (χ3v) is 10.3. The summed E-state index contributed by atoms with van der Waals surface area (Å²) in [5, 5.41) is 7.26. The molecule has 0 fully saturated rings. The molecule has 52 heavy (non-hydrogen) atoms. The Morgan fingerprint density at radius 3 is 1.54 bits per heavy atom. The van der Waals surface area contributed by atoms with Crippen LogP contribution in [0.4, 0.5) is 17.1 Å². The zero-order chi connectivity index (χ0) is 34.4. The maximum absolute atomic E-state index is 6.57. The Kier molecular flexibility index (Phi) is 7.18. The average molecular weight is 664 g/mol. The minimum Gasteiger partial charge on any atom is -0.456 e. The molecule has 0 atom stereocenters. The largest absolute Gasteiger partial charge is 0.456 e. The minimum absolute atomic E-state index is 0.865. The molecule has 0 saturated carbocycles. The Balaban J connectivity index is 1.10. The number of nitrogens with zero attached hydrogens (tertiary/aromatic N) is 1. The molecule has 0 amide bonds. The molecule has 0 N–H and O–H groups in total. The SMILES string of the molecule is c1ccc(-c2ccc(N(c3ccc(-c4ccc5c(ccc6ccccc65)c4)cc3)c3cccc4oc5cc(-c6ccccc6)ccc5c34)cc2)cc1. The molecule has 0 spiro atoms. The first-order valence-electron chi connectivity index (χ1n) is 17.8. The lowest BCUT2D eigenvalue weighted by Gasteiger charge is -2.26. The van der Waals surface area contributed by atoms with Crippen molar-refractivity contribution in [3.05, 3.63) is 200 Å². The van der Waals surface area contributed by atoms with Crippen molar-refractivity contribution < 1.29 is 4.42 Å². The summed E-state index contributed by atoms with van der Waals surface area (Å²) >= 11 is 0. The highest BCUT2D eigenvalue weighted by molar-refractivity contribution is 6.14. The second-order valence-electron chi connectivity index (χ2n) is 13.3. The molecule has 0 radical (unpaired) electrons. The van der Waals surface area contributed by atoms with Crippen LogP contribution in [0.15, 0.2) is 205 Å². The first-order valence-corrected chi connectivity index (χ1v) is 17.8. The predicted octanol–water partition coefficient (Wildman–Crippen LogP) is 14.4. The number of furan rings is 1. The molecule has 0 bridgehead atoms. The van der Waals surface area contributed by atoms with Gasteiger partial charge in [0, 0.05) is 16.8 Å². The first kappa shape index (κ1) is 30.0. The third-order valence-electron chi connectivity index (χ3n) is 10.3. The van der Waals surface area contributed by atoms with E-state index in [1.807, 2.05) is 6.07 Å². The van der Waals surface area contributed by atoms with Gasteiger partial charge in [0.2, 0.25) is 0 Å². The van der Waals surface area contributed by atoms with E-state index in [1.54, 1.807) is 0 Å². The Morgan fingerprint density at radius 1 is 0.308 bits per heavy atom. The standard InChI is InChI=1S/C50H33NO/c1-3-10-34(11-4-1)36-20-26-42(27-21-36)51(47-16-9-17-48-50(47)46-31-25-40(33-49(46)52-48)35-12-5-2-6-13-35)43-28-22-37(23-29-43)39-24-30-45-41(32-39)19-18-38-14-7-8-15-44(38)45/h1-33H. The Bertz CT molecular complexity index is 2870. The van der Waals surface area contributed by atoms with Crippen molar-refractivity contribution in [3.8, 4) is 33.4 Å². The van der Waals surface area contributed by atoms with Gasteiger partial charge in [0.25, 0.3) is 0 Å². The first-order chi connectivity index (χ1) is 25.8. The van der Waals surface area contributed by atoms with Crippen LogP contribution in [0.25, 0.3) is 76.9 Å². The van der Waals surface area contributed by atoms with Crippen LogP contribution < -0.4 is 4.90 Å². The van der Waals surface area contributed by atoms with Crippen LogP contribution in [-0.4, -0.2) is 0 Å². The van der Waals surface area contributed by atoms with Crippen molar-refractivity contribution >= 4 is 60.5 Å². The van der Waals surface area contributed by atoms with Crippen molar-refractivity contribution in [2.75, 3.05) is 4.90 Å². The fraction of sp³-hybridized carbons (Fsp3) is 0. The molecule has 244 valence electrons. The number of rotatable bonds is 6. The topological polar surface area (TPSA) is 16.4 Å². The van der Waals surface area contributed by atoms with Gasteiger partial charge in [-0.1, -0.05) is 146 Å². The van der Waals surface area contributed by atoms with Crippen LogP contribution in [0.5, 0.6) is 0 Å². The Labute approximate surface area is 302 Å². The van der Waals surface area contributed by atoms with Gasteiger partial charge in [-0.05, 0) is 110 Å². The number of hydrogen-bond donors (Lipinski definition) is 0. The lowest BCUT2D eigenvalue weighted by molar-refractivity contribution is 0.669. The van der Waals surface area contributed by atoms with Crippen LogP contribution in [-0.2, 0) is 0 Å². The van der Waals surface area contributed by atoms with Crippen LogP contribution in [0.3, 0.4) is 0 Å². The van der Waals surface area contributed by atoms with E-state index in [1.165, 1.54) is 49.4 Å². The number of fused-ring (bicyclic) bond motifs is 6. The monoisotopic (exact) mass is 663 g/mol. The molecule has 10 aromatic rings. The lowest BCUT2D eigenvalue weighted by Crippen LogP contribution is -2.10. The van der Waals surface area contributed by atoms with Gasteiger partial charge < -0.3 is 9.32 Å². The van der Waals surface area contributed by atoms with Crippen LogP contribution in [0, 0.1) is 0 Å². The summed E-state index contributed by atoms with van der Waals surface area (Å²) in [5.41, 5.74) is 12.0. The quantitative estimate of drug-likeness (QED) is 0.165. The summed E-state index contributed by atoms with van der Waals surface area (Å²) in [5.74, 6) is 0. The highest BCUT2D eigenvalue weighted by atomic mass is 16.3. The summed E-state index contributed by atoms with van der Waals surface area (Å²) in [6.07, 6.45) is 0. The van der Waals surface area contributed by atoms with E-state index in [2.05, 4.69) is 199 Å². The van der Waals surface area contributed by atoms with Gasteiger partial charge in [-0.3, -0.25) is 0 Å². The van der Waals surface area contributed by atoms with Crippen molar-refractivity contribution in [2.45, 2.75) is 0 Å². The molecular formula is C50H33NO. The Hall–Kier alpha value is -6.90. The number of hydrogen-bond acceptors (Lipinski definition) is 2. The van der Waals surface area contributed by atoms with Crippen molar-refractivity contribution in [1.29, 1.82) is 0 Å². The van der Waals surface area contributed by atoms with Crippen molar-refractivity contribution in [2.24, 2.45) is 0 Å². The van der Waals surface area contributed by atoms with E-state index >= 15 is 0 Å². The summed E-state index contributed by atoms with van der Waals surface area (Å²) in [6, 6.07) is 71.6. The second-order valence-corrected chi connectivity index (χ2v) is 13.3. The van der Waals surface area contributed by atoms with Crippen LogP contribution >= 0.6 is 0 Å².